The molecule has 0 aromatic carbocycles. The Kier molecular flexibility index (Phi) is 7.99. The molecule has 0 aliphatic heterocycles. The lowest BCUT2D eigenvalue weighted by Crippen LogP contribution is -2.35. The van der Waals surface area contributed by atoms with Crippen molar-refractivity contribution in [2.24, 2.45) is 0 Å². The summed E-state index contributed by atoms with van der Waals surface area (Å²) in [6.07, 6.45) is 2.01. The molecule has 0 bridgehead atoms. The lowest BCUT2D eigenvalue weighted by Gasteiger charge is -2.14. The van der Waals surface area contributed by atoms with Gasteiger partial charge >= 0.3 is 5.97 Å². The first kappa shape index (κ1) is 13.8. The Labute approximate surface area is 91.0 Å². The second-order valence-electron chi connectivity index (χ2n) is 3.24. The van der Waals surface area contributed by atoms with Crippen molar-refractivity contribution in [3.05, 3.63) is 0 Å². The lowest BCUT2D eigenvalue weighted by molar-refractivity contribution is -0.143. The molecular formula is C10H21NO2S. The molecule has 0 rings (SSSR count). The zero-order valence-electron chi connectivity index (χ0n) is 9.50. The van der Waals surface area contributed by atoms with Gasteiger partial charge in [-0.15, -0.1) is 0 Å². The standard InChI is InChI=1S/C10H21NO2S/c1-5-8(2)14-7-6-9(11-3)10(12)13-4/h8-9,11H,5-7H2,1-4H3. The van der Waals surface area contributed by atoms with E-state index in [9.17, 15) is 4.79 Å². The number of likely N-dealkylation sites (N-methyl/N-ethyl adjacent to an activating group) is 1. The number of thioether (sulfide) groups is 1. The highest BCUT2D eigenvalue weighted by Gasteiger charge is 2.16. The molecule has 2 unspecified atom stereocenters. The molecule has 0 aliphatic carbocycles. The van der Waals surface area contributed by atoms with Crippen LogP contribution in [0.5, 0.6) is 0 Å². The van der Waals surface area contributed by atoms with Crippen LogP contribution in [0.1, 0.15) is 26.7 Å². The topological polar surface area (TPSA) is 38.3 Å². The van der Waals surface area contributed by atoms with Crippen LogP contribution in [-0.4, -0.2) is 37.2 Å². The molecule has 1 N–H and O–H groups in total. The smallest absolute Gasteiger partial charge is 0.322 e. The second kappa shape index (κ2) is 8.12. The Hall–Kier alpha value is -0.220. The van der Waals surface area contributed by atoms with E-state index in [1.54, 1.807) is 7.05 Å². The first-order chi connectivity index (χ1) is 6.65. The van der Waals surface area contributed by atoms with Gasteiger partial charge in [0.1, 0.15) is 6.04 Å². The average molecular weight is 219 g/mol. The summed E-state index contributed by atoms with van der Waals surface area (Å²) >= 11 is 1.90. The summed E-state index contributed by atoms with van der Waals surface area (Å²) in [6, 6.07) is -0.156. The van der Waals surface area contributed by atoms with Crippen molar-refractivity contribution in [3.8, 4) is 0 Å². The number of hydrogen-bond donors (Lipinski definition) is 1. The number of ether oxygens (including phenoxy) is 1. The Bertz CT molecular complexity index is 164. The van der Waals surface area contributed by atoms with Crippen LogP contribution in [0.2, 0.25) is 0 Å². The van der Waals surface area contributed by atoms with Crippen LogP contribution in [0.3, 0.4) is 0 Å². The van der Waals surface area contributed by atoms with E-state index in [0.29, 0.717) is 5.25 Å². The summed E-state index contributed by atoms with van der Waals surface area (Å²) in [6.45, 7) is 4.38. The maximum absolute atomic E-state index is 11.2. The molecule has 0 fully saturated rings. The number of carbonyl (C=O) groups is 1. The van der Waals surface area contributed by atoms with E-state index < -0.39 is 0 Å². The fraction of sp³-hybridized carbons (Fsp3) is 0.900. The van der Waals surface area contributed by atoms with Gasteiger partial charge in [-0.1, -0.05) is 13.8 Å². The summed E-state index contributed by atoms with van der Waals surface area (Å²) in [4.78, 5) is 11.2. The Morgan fingerprint density at radius 3 is 2.64 bits per heavy atom. The normalized spacial score (nSPS) is 14.9. The van der Waals surface area contributed by atoms with Crippen molar-refractivity contribution in [2.75, 3.05) is 19.9 Å². The highest BCUT2D eigenvalue weighted by molar-refractivity contribution is 7.99. The van der Waals surface area contributed by atoms with Crippen molar-refractivity contribution in [1.82, 2.24) is 5.32 Å². The first-order valence-electron chi connectivity index (χ1n) is 5.02. The fourth-order valence-electron chi connectivity index (χ4n) is 1.03. The molecule has 0 saturated heterocycles. The highest BCUT2D eigenvalue weighted by Crippen LogP contribution is 2.15. The van der Waals surface area contributed by atoms with Gasteiger partial charge in [0, 0.05) is 5.25 Å². The van der Waals surface area contributed by atoms with Crippen molar-refractivity contribution in [1.29, 1.82) is 0 Å². The van der Waals surface area contributed by atoms with Crippen LogP contribution in [0, 0.1) is 0 Å². The molecule has 0 saturated carbocycles. The zero-order valence-corrected chi connectivity index (χ0v) is 10.3. The van der Waals surface area contributed by atoms with Gasteiger partial charge in [-0.25, -0.2) is 0 Å². The minimum absolute atomic E-state index is 0.156. The number of esters is 1. The molecule has 0 aromatic heterocycles. The van der Waals surface area contributed by atoms with Crippen LogP contribution in [0.4, 0.5) is 0 Å². The van der Waals surface area contributed by atoms with E-state index in [0.717, 1.165) is 12.2 Å². The molecule has 0 heterocycles. The van der Waals surface area contributed by atoms with Crippen molar-refractivity contribution in [2.45, 2.75) is 38.0 Å². The third-order valence-electron chi connectivity index (χ3n) is 2.22. The Balaban J connectivity index is 3.68. The third kappa shape index (κ3) is 5.50. The monoisotopic (exact) mass is 219 g/mol. The van der Waals surface area contributed by atoms with Crippen molar-refractivity contribution >= 4 is 17.7 Å². The number of nitrogens with one attached hydrogen (secondary N) is 1. The van der Waals surface area contributed by atoms with Crippen LogP contribution in [0.25, 0.3) is 0 Å². The van der Waals surface area contributed by atoms with Gasteiger partial charge in [0.15, 0.2) is 0 Å². The van der Waals surface area contributed by atoms with E-state index in [2.05, 4.69) is 23.9 Å². The Morgan fingerprint density at radius 1 is 1.57 bits per heavy atom. The van der Waals surface area contributed by atoms with Gasteiger partial charge in [-0.05, 0) is 25.6 Å². The summed E-state index contributed by atoms with van der Waals surface area (Å²) in [5, 5.41) is 3.63. The van der Waals surface area contributed by atoms with E-state index in [1.807, 2.05) is 11.8 Å². The van der Waals surface area contributed by atoms with Crippen LogP contribution in [0.15, 0.2) is 0 Å². The van der Waals surface area contributed by atoms with E-state index in [4.69, 9.17) is 0 Å². The van der Waals surface area contributed by atoms with Crippen LogP contribution >= 0.6 is 11.8 Å². The zero-order chi connectivity index (χ0) is 11.0. The number of hydrogen-bond acceptors (Lipinski definition) is 4. The average Bonchev–Trinajstić information content (AvgIpc) is 2.22. The van der Waals surface area contributed by atoms with Crippen LogP contribution in [-0.2, 0) is 9.53 Å². The number of methoxy groups -OCH3 is 1. The summed E-state index contributed by atoms with van der Waals surface area (Å²) in [7, 11) is 3.21. The number of carbonyl (C=O) groups excluding carboxylic acids is 1. The van der Waals surface area contributed by atoms with E-state index in [-0.39, 0.29) is 12.0 Å². The fourth-order valence-corrected chi connectivity index (χ4v) is 2.04. The first-order valence-corrected chi connectivity index (χ1v) is 6.07. The third-order valence-corrected chi connectivity index (χ3v) is 3.59. The second-order valence-corrected chi connectivity index (χ2v) is 4.79. The van der Waals surface area contributed by atoms with Crippen molar-refractivity contribution in [3.63, 3.8) is 0 Å². The molecule has 0 radical (unpaired) electrons. The molecule has 0 spiro atoms. The van der Waals surface area contributed by atoms with Gasteiger partial charge in [-0.2, -0.15) is 11.8 Å². The van der Waals surface area contributed by atoms with Gasteiger partial charge in [-0.3, -0.25) is 4.79 Å². The highest BCUT2D eigenvalue weighted by atomic mass is 32.2. The molecule has 3 nitrogen and oxygen atoms in total. The molecule has 0 aliphatic rings. The molecule has 0 amide bonds. The molecular weight excluding hydrogens is 198 g/mol. The molecule has 4 heteroatoms. The SMILES string of the molecule is CCC(C)SCCC(NC)C(=O)OC. The minimum atomic E-state index is -0.169. The van der Waals surface area contributed by atoms with Gasteiger partial charge in [0.25, 0.3) is 0 Å². The molecule has 2 atom stereocenters. The largest absolute Gasteiger partial charge is 0.468 e. The van der Waals surface area contributed by atoms with Gasteiger partial charge in [0.05, 0.1) is 7.11 Å². The van der Waals surface area contributed by atoms with Gasteiger partial charge < -0.3 is 10.1 Å². The Morgan fingerprint density at radius 2 is 2.21 bits per heavy atom. The predicted molar refractivity (Wildman–Crippen MR) is 61.7 cm³/mol. The maximum atomic E-state index is 11.2. The summed E-state index contributed by atoms with van der Waals surface area (Å²) < 4.78 is 4.68. The van der Waals surface area contributed by atoms with E-state index in [1.165, 1.54) is 13.5 Å². The van der Waals surface area contributed by atoms with Gasteiger partial charge in [0.2, 0.25) is 0 Å². The lowest BCUT2D eigenvalue weighted by atomic mass is 10.2. The summed E-state index contributed by atoms with van der Waals surface area (Å²) in [5.41, 5.74) is 0. The maximum Gasteiger partial charge on any atom is 0.322 e. The number of rotatable bonds is 7. The van der Waals surface area contributed by atoms with Crippen molar-refractivity contribution < 1.29 is 9.53 Å². The quantitative estimate of drug-likeness (QED) is 0.661. The summed E-state index contributed by atoms with van der Waals surface area (Å²) in [5.74, 6) is 0.826. The molecule has 0 aromatic rings. The van der Waals surface area contributed by atoms with Crippen LogP contribution < -0.4 is 5.32 Å². The minimum Gasteiger partial charge on any atom is -0.468 e. The van der Waals surface area contributed by atoms with E-state index >= 15 is 0 Å². The molecule has 84 valence electrons. The predicted octanol–water partition coefficient (Wildman–Crippen LogP) is 1.67. The molecule has 14 heavy (non-hydrogen) atoms.